The molecule has 140 valence electrons. The third-order valence-corrected chi connectivity index (χ3v) is 6.27. The summed E-state index contributed by atoms with van der Waals surface area (Å²) in [6, 6.07) is 5.99. The van der Waals surface area contributed by atoms with Gasteiger partial charge in [0.15, 0.2) is 0 Å². The highest BCUT2D eigenvalue weighted by Crippen LogP contribution is 2.21. The van der Waals surface area contributed by atoms with Crippen LogP contribution in [0.2, 0.25) is 5.02 Å². The Morgan fingerprint density at radius 1 is 1.46 bits per heavy atom. The van der Waals surface area contributed by atoms with Crippen molar-refractivity contribution in [2.75, 3.05) is 19.6 Å². The minimum absolute atomic E-state index is 0.0299. The zero-order valence-electron chi connectivity index (χ0n) is 13.8. The normalized spacial score (nSPS) is 17.4. The molecule has 0 bridgehead atoms. The first kappa shape index (κ1) is 19.1. The molecule has 1 aromatic heterocycles. The molecule has 2 aromatic rings. The van der Waals surface area contributed by atoms with Gasteiger partial charge in [0.25, 0.3) is 5.19 Å². The molecular formula is C16H18ClN3O4S2. The summed E-state index contributed by atoms with van der Waals surface area (Å²) in [6.45, 7) is 1.11. The van der Waals surface area contributed by atoms with E-state index in [0.717, 1.165) is 6.42 Å². The largest absolute Gasteiger partial charge is 0.465 e. The van der Waals surface area contributed by atoms with Crippen molar-refractivity contribution in [1.29, 1.82) is 0 Å². The lowest BCUT2D eigenvalue weighted by atomic mass is 10.3. The first-order valence-electron chi connectivity index (χ1n) is 8.03. The molecule has 1 amide bonds. The zero-order valence-corrected chi connectivity index (χ0v) is 16.2. The number of halogens is 1. The fraction of sp³-hybridized carbons (Fsp3) is 0.375. The Hall–Kier alpha value is -1.68. The Morgan fingerprint density at radius 2 is 2.31 bits per heavy atom. The van der Waals surface area contributed by atoms with Gasteiger partial charge < -0.3 is 9.64 Å². The Labute approximate surface area is 161 Å². The van der Waals surface area contributed by atoms with E-state index in [-0.39, 0.29) is 29.9 Å². The number of aromatic nitrogens is 1. The number of benzene rings is 1. The second kappa shape index (κ2) is 8.34. The summed E-state index contributed by atoms with van der Waals surface area (Å²) in [4.78, 5) is 18.1. The van der Waals surface area contributed by atoms with Crippen LogP contribution >= 0.6 is 22.9 Å². The fourth-order valence-electron chi connectivity index (χ4n) is 2.63. The number of likely N-dealkylation sites (tertiary alicyclic amines) is 1. The van der Waals surface area contributed by atoms with Gasteiger partial charge in [0, 0.05) is 42.5 Å². The molecule has 1 saturated heterocycles. The lowest BCUT2D eigenvalue weighted by molar-refractivity contribution is -0.130. The number of hydrogen-bond donors (Lipinski definition) is 1. The number of carbonyl (C=O) groups excluding carboxylic acids is 1. The standard InChI is InChI=1S/C16H18ClN3O4S2/c17-12-2-1-3-14(10-12)26(22,23)19-6-4-15(21)20-8-5-13(11-20)24-16-18-7-9-25-16/h1-3,7,9-10,13,19H,4-6,8,11H2. The van der Waals surface area contributed by atoms with Gasteiger partial charge in [-0.05, 0) is 18.2 Å². The molecule has 1 aliphatic rings. The van der Waals surface area contributed by atoms with Crippen molar-refractivity contribution < 1.29 is 17.9 Å². The van der Waals surface area contributed by atoms with E-state index in [0.29, 0.717) is 23.3 Å². The van der Waals surface area contributed by atoms with Gasteiger partial charge in [0.1, 0.15) is 6.10 Å². The van der Waals surface area contributed by atoms with E-state index in [4.69, 9.17) is 16.3 Å². The molecule has 1 N–H and O–H groups in total. The third kappa shape index (κ3) is 4.94. The van der Waals surface area contributed by atoms with Gasteiger partial charge in [-0.3, -0.25) is 4.79 Å². The van der Waals surface area contributed by atoms with Gasteiger partial charge in [-0.2, -0.15) is 0 Å². The van der Waals surface area contributed by atoms with Crippen LogP contribution in [0.4, 0.5) is 0 Å². The zero-order chi connectivity index (χ0) is 18.6. The van der Waals surface area contributed by atoms with Crippen LogP contribution in [-0.2, 0) is 14.8 Å². The highest BCUT2D eigenvalue weighted by molar-refractivity contribution is 7.89. The van der Waals surface area contributed by atoms with Crippen LogP contribution in [0.25, 0.3) is 0 Å². The lowest BCUT2D eigenvalue weighted by Gasteiger charge is -2.16. The van der Waals surface area contributed by atoms with Gasteiger partial charge in [0.05, 0.1) is 11.4 Å². The molecule has 1 fully saturated rings. The highest BCUT2D eigenvalue weighted by atomic mass is 35.5. The Morgan fingerprint density at radius 3 is 3.04 bits per heavy atom. The first-order valence-corrected chi connectivity index (χ1v) is 10.8. The van der Waals surface area contributed by atoms with Gasteiger partial charge in [-0.1, -0.05) is 29.0 Å². The van der Waals surface area contributed by atoms with Gasteiger partial charge in [-0.15, -0.1) is 0 Å². The van der Waals surface area contributed by atoms with Gasteiger partial charge >= 0.3 is 0 Å². The minimum atomic E-state index is -3.68. The average Bonchev–Trinajstić information content (AvgIpc) is 3.27. The summed E-state index contributed by atoms with van der Waals surface area (Å²) in [6.07, 6.45) is 2.42. The molecule has 1 aromatic carbocycles. The molecule has 1 unspecified atom stereocenters. The molecule has 1 aliphatic heterocycles. The first-order chi connectivity index (χ1) is 12.4. The van der Waals surface area contributed by atoms with E-state index >= 15 is 0 Å². The van der Waals surface area contributed by atoms with E-state index in [2.05, 4.69) is 9.71 Å². The van der Waals surface area contributed by atoms with Crippen molar-refractivity contribution in [2.45, 2.75) is 23.8 Å². The number of sulfonamides is 1. The monoisotopic (exact) mass is 415 g/mol. The van der Waals surface area contributed by atoms with E-state index in [1.54, 1.807) is 23.2 Å². The number of nitrogens with zero attached hydrogens (tertiary/aromatic N) is 2. The van der Waals surface area contributed by atoms with Crippen LogP contribution in [-0.4, -0.2) is 49.9 Å². The summed E-state index contributed by atoms with van der Waals surface area (Å²) in [5.41, 5.74) is 0. The summed E-state index contributed by atoms with van der Waals surface area (Å²) in [7, 11) is -3.68. The SMILES string of the molecule is O=C(CCNS(=O)(=O)c1cccc(Cl)c1)N1CCC(Oc2nccs2)C1. The van der Waals surface area contributed by atoms with E-state index in [1.165, 1.54) is 23.5 Å². The van der Waals surface area contributed by atoms with Crippen molar-refractivity contribution in [2.24, 2.45) is 0 Å². The third-order valence-electron chi connectivity index (χ3n) is 3.91. The molecule has 26 heavy (non-hydrogen) atoms. The van der Waals surface area contributed by atoms with E-state index < -0.39 is 10.0 Å². The quantitative estimate of drug-likeness (QED) is 0.748. The molecule has 1 atom stereocenters. The fourth-order valence-corrected chi connectivity index (χ4v) is 4.51. The molecular weight excluding hydrogens is 398 g/mol. The topological polar surface area (TPSA) is 88.6 Å². The predicted octanol–water partition coefficient (Wildman–Crippen LogP) is 2.14. The van der Waals surface area contributed by atoms with Crippen LogP contribution in [0.3, 0.4) is 0 Å². The molecule has 0 radical (unpaired) electrons. The Balaban J connectivity index is 1.45. The maximum atomic E-state index is 12.3. The second-order valence-electron chi connectivity index (χ2n) is 5.77. The summed E-state index contributed by atoms with van der Waals surface area (Å²) in [5, 5.41) is 2.77. The predicted molar refractivity (Wildman–Crippen MR) is 99.0 cm³/mol. The van der Waals surface area contributed by atoms with Crippen LogP contribution in [0.5, 0.6) is 5.19 Å². The molecule has 10 heteroatoms. The van der Waals surface area contributed by atoms with E-state index in [1.807, 2.05) is 5.38 Å². The number of carbonyl (C=O) groups is 1. The van der Waals surface area contributed by atoms with Crippen molar-refractivity contribution in [3.05, 3.63) is 40.9 Å². The lowest BCUT2D eigenvalue weighted by Crippen LogP contribution is -2.34. The maximum Gasteiger partial charge on any atom is 0.273 e. The summed E-state index contributed by atoms with van der Waals surface area (Å²) in [5.74, 6) is -0.107. The molecule has 3 rings (SSSR count). The second-order valence-corrected chi connectivity index (χ2v) is 8.83. The Bertz CT molecular complexity index is 858. The molecule has 2 heterocycles. The molecule has 0 saturated carbocycles. The average molecular weight is 416 g/mol. The van der Waals surface area contributed by atoms with Gasteiger partial charge in [0.2, 0.25) is 15.9 Å². The number of ether oxygens (including phenoxy) is 1. The van der Waals surface area contributed by atoms with Crippen LogP contribution in [0.1, 0.15) is 12.8 Å². The molecule has 7 nitrogen and oxygen atoms in total. The summed E-state index contributed by atoms with van der Waals surface area (Å²) < 4.78 is 32.5. The van der Waals surface area contributed by atoms with Crippen molar-refractivity contribution in [3.63, 3.8) is 0 Å². The van der Waals surface area contributed by atoms with Crippen molar-refractivity contribution >= 4 is 38.9 Å². The number of thiazole rings is 1. The number of nitrogens with one attached hydrogen (secondary N) is 1. The molecule has 0 aliphatic carbocycles. The Kier molecular flexibility index (Phi) is 6.13. The minimum Gasteiger partial charge on any atom is -0.465 e. The van der Waals surface area contributed by atoms with Crippen LogP contribution < -0.4 is 9.46 Å². The van der Waals surface area contributed by atoms with Crippen LogP contribution in [0, 0.1) is 0 Å². The van der Waals surface area contributed by atoms with Crippen LogP contribution in [0.15, 0.2) is 40.7 Å². The maximum absolute atomic E-state index is 12.3. The van der Waals surface area contributed by atoms with E-state index in [9.17, 15) is 13.2 Å². The number of rotatable bonds is 7. The van der Waals surface area contributed by atoms with Crippen molar-refractivity contribution in [1.82, 2.24) is 14.6 Å². The number of amides is 1. The number of hydrogen-bond acceptors (Lipinski definition) is 6. The molecule has 0 spiro atoms. The smallest absolute Gasteiger partial charge is 0.273 e. The van der Waals surface area contributed by atoms with Gasteiger partial charge in [-0.25, -0.2) is 18.1 Å². The summed E-state index contributed by atoms with van der Waals surface area (Å²) >= 11 is 7.23. The van der Waals surface area contributed by atoms with Crippen molar-refractivity contribution in [3.8, 4) is 5.19 Å². The highest BCUT2D eigenvalue weighted by Gasteiger charge is 2.28.